The summed E-state index contributed by atoms with van der Waals surface area (Å²) in [7, 11) is 0. The van der Waals surface area contributed by atoms with Gasteiger partial charge in [-0.25, -0.2) is 4.39 Å². The smallest absolute Gasteiger partial charge is 0.381 e. The van der Waals surface area contributed by atoms with Crippen LogP contribution in [-0.4, -0.2) is 13.2 Å². The zero-order valence-corrected chi connectivity index (χ0v) is 10.7. The minimum Gasteiger partial charge on any atom is -0.381 e. The number of hydrogen-bond donors (Lipinski definition) is 2. The lowest BCUT2D eigenvalue weighted by molar-refractivity contribution is -0.140. The Bertz CT molecular complexity index is 458. The van der Waals surface area contributed by atoms with Crippen molar-refractivity contribution in [2.45, 2.75) is 25.1 Å². The standard InChI is InChI=1S/C13H16F4N2O/c14-11-4-3-8(6-10(11)13(15,16)17)12(19-18)9-2-1-5-20-7-9/h3-4,6,9,12,19H,1-2,5,7,18H2. The molecule has 0 spiro atoms. The molecule has 0 radical (unpaired) electrons. The van der Waals surface area contributed by atoms with E-state index in [-0.39, 0.29) is 5.92 Å². The summed E-state index contributed by atoms with van der Waals surface area (Å²) < 4.78 is 56.8. The molecule has 1 aromatic rings. The van der Waals surface area contributed by atoms with Gasteiger partial charge in [-0.1, -0.05) is 6.07 Å². The topological polar surface area (TPSA) is 47.3 Å². The number of hydrazine groups is 1. The zero-order valence-electron chi connectivity index (χ0n) is 10.7. The average molecular weight is 292 g/mol. The maximum atomic E-state index is 13.3. The van der Waals surface area contributed by atoms with Gasteiger partial charge in [0.1, 0.15) is 5.82 Å². The molecule has 1 heterocycles. The number of rotatable bonds is 3. The molecule has 3 nitrogen and oxygen atoms in total. The molecule has 3 N–H and O–H groups in total. The van der Waals surface area contributed by atoms with Crippen LogP contribution in [0.25, 0.3) is 0 Å². The van der Waals surface area contributed by atoms with E-state index in [1.807, 2.05) is 0 Å². The molecule has 0 saturated carbocycles. The van der Waals surface area contributed by atoms with E-state index in [9.17, 15) is 17.6 Å². The highest BCUT2D eigenvalue weighted by Gasteiger charge is 2.35. The summed E-state index contributed by atoms with van der Waals surface area (Å²) in [5.41, 5.74) is 1.56. The first-order valence-corrected chi connectivity index (χ1v) is 6.34. The number of alkyl halides is 3. The van der Waals surface area contributed by atoms with E-state index in [0.717, 1.165) is 25.0 Å². The van der Waals surface area contributed by atoms with Gasteiger partial charge in [0.15, 0.2) is 0 Å². The summed E-state index contributed by atoms with van der Waals surface area (Å²) in [6.07, 6.45) is -3.09. The second-order valence-electron chi connectivity index (χ2n) is 4.86. The van der Waals surface area contributed by atoms with Crippen LogP contribution in [0.1, 0.15) is 30.0 Å². The Balaban J connectivity index is 2.30. The van der Waals surface area contributed by atoms with Gasteiger partial charge in [0.05, 0.1) is 18.2 Å². The Morgan fingerprint density at radius 2 is 2.10 bits per heavy atom. The monoisotopic (exact) mass is 292 g/mol. The van der Waals surface area contributed by atoms with E-state index in [2.05, 4.69) is 5.43 Å². The second-order valence-corrected chi connectivity index (χ2v) is 4.86. The summed E-state index contributed by atoms with van der Waals surface area (Å²) >= 11 is 0. The Morgan fingerprint density at radius 3 is 2.65 bits per heavy atom. The van der Waals surface area contributed by atoms with Crippen LogP contribution in [0, 0.1) is 11.7 Å². The maximum Gasteiger partial charge on any atom is 0.419 e. The zero-order chi connectivity index (χ0) is 14.8. The molecule has 7 heteroatoms. The summed E-state index contributed by atoms with van der Waals surface area (Å²) in [5, 5.41) is 0. The number of halogens is 4. The van der Waals surface area contributed by atoms with Crippen LogP contribution in [0.4, 0.5) is 17.6 Å². The molecule has 0 aliphatic carbocycles. The van der Waals surface area contributed by atoms with Crippen molar-refractivity contribution in [1.29, 1.82) is 0 Å². The van der Waals surface area contributed by atoms with Crippen molar-refractivity contribution in [1.82, 2.24) is 5.43 Å². The minimum atomic E-state index is -4.72. The fourth-order valence-corrected chi connectivity index (χ4v) is 2.49. The van der Waals surface area contributed by atoms with Crippen molar-refractivity contribution in [2.24, 2.45) is 11.8 Å². The van der Waals surface area contributed by atoms with Crippen LogP contribution in [0.3, 0.4) is 0 Å². The average Bonchev–Trinajstić information content (AvgIpc) is 2.41. The summed E-state index contributed by atoms with van der Waals surface area (Å²) in [4.78, 5) is 0. The normalized spacial score (nSPS) is 21.8. The summed E-state index contributed by atoms with van der Waals surface area (Å²) in [5.74, 6) is 4.14. The predicted molar refractivity (Wildman–Crippen MR) is 65.0 cm³/mol. The Kier molecular flexibility index (Phi) is 4.62. The van der Waals surface area contributed by atoms with Gasteiger partial charge < -0.3 is 4.74 Å². The highest BCUT2D eigenvalue weighted by atomic mass is 19.4. The third-order valence-electron chi connectivity index (χ3n) is 3.50. The molecule has 2 unspecified atom stereocenters. The van der Waals surface area contributed by atoms with Gasteiger partial charge in [-0.05, 0) is 30.5 Å². The lowest BCUT2D eigenvalue weighted by Gasteiger charge is -2.30. The number of nitrogens with one attached hydrogen (secondary N) is 1. The van der Waals surface area contributed by atoms with E-state index in [0.29, 0.717) is 18.8 Å². The molecular weight excluding hydrogens is 276 g/mol. The molecule has 0 bridgehead atoms. The predicted octanol–water partition coefficient (Wildman–Crippen LogP) is 2.78. The number of ether oxygens (including phenoxy) is 1. The molecule has 2 atom stereocenters. The molecule has 20 heavy (non-hydrogen) atoms. The van der Waals surface area contributed by atoms with E-state index < -0.39 is 23.6 Å². The van der Waals surface area contributed by atoms with Crippen molar-refractivity contribution >= 4 is 0 Å². The highest BCUT2D eigenvalue weighted by molar-refractivity contribution is 5.30. The van der Waals surface area contributed by atoms with E-state index in [1.54, 1.807) is 0 Å². The van der Waals surface area contributed by atoms with Crippen LogP contribution in [0.2, 0.25) is 0 Å². The van der Waals surface area contributed by atoms with Crippen LogP contribution in [0.15, 0.2) is 18.2 Å². The lowest BCUT2D eigenvalue weighted by atomic mass is 9.88. The maximum absolute atomic E-state index is 13.3. The van der Waals surface area contributed by atoms with Gasteiger partial charge in [-0.15, -0.1) is 0 Å². The van der Waals surface area contributed by atoms with Gasteiger partial charge in [-0.2, -0.15) is 13.2 Å². The fraction of sp³-hybridized carbons (Fsp3) is 0.538. The second kappa shape index (κ2) is 6.07. The Morgan fingerprint density at radius 1 is 1.35 bits per heavy atom. The van der Waals surface area contributed by atoms with Crippen LogP contribution >= 0.6 is 0 Å². The van der Waals surface area contributed by atoms with E-state index in [4.69, 9.17) is 10.6 Å². The molecule has 1 aliphatic rings. The van der Waals surface area contributed by atoms with Gasteiger partial charge >= 0.3 is 6.18 Å². The van der Waals surface area contributed by atoms with Crippen molar-refractivity contribution in [2.75, 3.05) is 13.2 Å². The van der Waals surface area contributed by atoms with E-state index in [1.165, 1.54) is 6.07 Å². The first-order chi connectivity index (χ1) is 9.43. The SMILES string of the molecule is NNC(c1ccc(F)c(C(F)(F)F)c1)C1CCCOC1. The molecule has 1 fully saturated rings. The third kappa shape index (κ3) is 3.28. The molecule has 1 aromatic carbocycles. The van der Waals surface area contributed by atoms with Crippen LogP contribution in [-0.2, 0) is 10.9 Å². The Labute approximate surface area is 114 Å². The molecule has 112 valence electrons. The van der Waals surface area contributed by atoms with Gasteiger partial charge in [0, 0.05) is 12.5 Å². The van der Waals surface area contributed by atoms with Crippen molar-refractivity contribution in [3.8, 4) is 0 Å². The fourth-order valence-electron chi connectivity index (χ4n) is 2.49. The van der Waals surface area contributed by atoms with Crippen molar-refractivity contribution < 1.29 is 22.3 Å². The highest BCUT2D eigenvalue weighted by Crippen LogP contribution is 2.35. The molecular formula is C13H16F4N2O. The minimum absolute atomic E-state index is 0.0275. The first-order valence-electron chi connectivity index (χ1n) is 6.34. The van der Waals surface area contributed by atoms with Crippen LogP contribution in [0.5, 0.6) is 0 Å². The molecule has 1 saturated heterocycles. The first kappa shape index (κ1) is 15.2. The Hall–Kier alpha value is -1.18. The quantitative estimate of drug-likeness (QED) is 0.511. The molecule has 2 rings (SSSR count). The van der Waals surface area contributed by atoms with Crippen molar-refractivity contribution in [3.05, 3.63) is 35.1 Å². The summed E-state index contributed by atoms with van der Waals surface area (Å²) in [6.45, 7) is 1.07. The van der Waals surface area contributed by atoms with Gasteiger partial charge in [0.2, 0.25) is 0 Å². The van der Waals surface area contributed by atoms with E-state index >= 15 is 0 Å². The summed E-state index contributed by atoms with van der Waals surface area (Å²) in [6, 6.07) is 2.47. The van der Waals surface area contributed by atoms with Gasteiger partial charge in [-0.3, -0.25) is 11.3 Å². The lowest BCUT2D eigenvalue weighted by Crippen LogP contribution is -2.37. The van der Waals surface area contributed by atoms with Crippen molar-refractivity contribution in [3.63, 3.8) is 0 Å². The number of benzene rings is 1. The number of hydrogen-bond acceptors (Lipinski definition) is 3. The largest absolute Gasteiger partial charge is 0.419 e. The molecule has 0 aromatic heterocycles. The number of nitrogens with two attached hydrogens (primary N) is 1. The van der Waals surface area contributed by atoms with Gasteiger partial charge in [0.25, 0.3) is 0 Å². The molecule has 0 amide bonds. The third-order valence-corrected chi connectivity index (χ3v) is 3.50. The molecule has 1 aliphatic heterocycles. The van der Waals surface area contributed by atoms with Crippen LogP contribution < -0.4 is 11.3 Å².